The van der Waals surface area contributed by atoms with E-state index in [9.17, 15) is 8.42 Å². The van der Waals surface area contributed by atoms with E-state index in [2.05, 4.69) is 13.8 Å². The minimum absolute atomic E-state index is 0.0153. The molecule has 1 saturated heterocycles. The Balaban J connectivity index is 2.79. The van der Waals surface area contributed by atoms with Gasteiger partial charge in [-0.05, 0) is 25.7 Å². The molecule has 1 aliphatic rings. The van der Waals surface area contributed by atoms with E-state index >= 15 is 0 Å². The van der Waals surface area contributed by atoms with Crippen LogP contribution in [0.15, 0.2) is 0 Å². The fourth-order valence-electron chi connectivity index (χ4n) is 2.03. The second kappa shape index (κ2) is 4.39. The van der Waals surface area contributed by atoms with Crippen LogP contribution in [0, 0.1) is 11.8 Å². The van der Waals surface area contributed by atoms with Crippen LogP contribution in [-0.4, -0.2) is 37.1 Å². The van der Waals surface area contributed by atoms with E-state index in [1.54, 1.807) is 18.2 Å². The van der Waals surface area contributed by atoms with E-state index < -0.39 is 10.0 Å². The zero-order valence-electron chi connectivity index (χ0n) is 9.97. The van der Waals surface area contributed by atoms with Gasteiger partial charge in [0.1, 0.15) is 0 Å². The highest BCUT2D eigenvalue weighted by Crippen LogP contribution is 2.26. The second-order valence-electron chi connectivity index (χ2n) is 4.98. The lowest BCUT2D eigenvalue weighted by atomic mass is 9.92. The summed E-state index contributed by atoms with van der Waals surface area (Å²) in [6, 6.07) is -0.0153. The van der Waals surface area contributed by atoms with Crippen LogP contribution in [-0.2, 0) is 10.0 Å². The van der Waals surface area contributed by atoms with E-state index in [1.807, 2.05) is 0 Å². The van der Waals surface area contributed by atoms with Crippen molar-refractivity contribution in [2.24, 2.45) is 17.6 Å². The molecule has 15 heavy (non-hydrogen) atoms. The maximum Gasteiger partial charge on any atom is 0.216 e. The van der Waals surface area contributed by atoms with E-state index in [1.165, 1.54) is 0 Å². The molecule has 0 aromatic rings. The Kier molecular flexibility index (Phi) is 3.79. The molecule has 0 unspecified atom stereocenters. The molecule has 90 valence electrons. The van der Waals surface area contributed by atoms with Gasteiger partial charge < -0.3 is 5.73 Å². The third-order valence-corrected chi connectivity index (χ3v) is 5.40. The molecule has 0 aliphatic carbocycles. The van der Waals surface area contributed by atoms with Crippen molar-refractivity contribution in [3.8, 4) is 0 Å². The first kappa shape index (κ1) is 12.9. The Labute approximate surface area is 92.9 Å². The summed E-state index contributed by atoms with van der Waals surface area (Å²) < 4.78 is 25.4. The molecule has 1 fully saturated rings. The standard InChI is InChI=1S/C10H22N2O2S/c1-7(2)9-5-12(6-10(9)11)15(13,14)8(3)4/h7-10H,5-6,11H2,1-4H3/t9-,10+/m1/s1. The van der Waals surface area contributed by atoms with Crippen LogP contribution in [0.1, 0.15) is 27.7 Å². The average Bonchev–Trinajstić information content (AvgIpc) is 2.47. The number of hydrogen-bond acceptors (Lipinski definition) is 3. The zero-order chi connectivity index (χ0) is 11.8. The second-order valence-corrected chi connectivity index (χ2v) is 7.47. The van der Waals surface area contributed by atoms with E-state index in [4.69, 9.17) is 5.73 Å². The monoisotopic (exact) mass is 234 g/mol. The highest BCUT2D eigenvalue weighted by molar-refractivity contribution is 7.89. The van der Waals surface area contributed by atoms with E-state index in [-0.39, 0.29) is 11.3 Å². The lowest BCUT2D eigenvalue weighted by Gasteiger charge is -2.20. The van der Waals surface area contributed by atoms with Crippen molar-refractivity contribution < 1.29 is 8.42 Å². The van der Waals surface area contributed by atoms with Gasteiger partial charge in [-0.2, -0.15) is 4.31 Å². The van der Waals surface area contributed by atoms with Crippen molar-refractivity contribution in [2.75, 3.05) is 13.1 Å². The molecule has 1 heterocycles. The molecule has 0 aromatic carbocycles. The third kappa shape index (κ3) is 2.52. The van der Waals surface area contributed by atoms with Gasteiger partial charge in [0.05, 0.1) is 5.25 Å². The van der Waals surface area contributed by atoms with Crippen molar-refractivity contribution in [1.29, 1.82) is 0 Å². The Hall–Kier alpha value is -0.130. The maximum atomic E-state index is 11.9. The maximum absolute atomic E-state index is 11.9. The number of nitrogens with two attached hydrogens (primary N) is 1. The van der Waals surface area contributed by atoms with Crippen molar-refractivity contribution in [3.05, 3.63) is 0 Å². The van der Waals surface area contributed by atoms with Gasteiger partial charge in [0.15, 0.2) is 0 Å². The highest BCUT2D eigenvalue weighted by atomic mass is 32.2. The number of rotatable bonds is 3. The summed E-state index contributed by atoms with van der Waals surface area (Å²) in [5.74, 6) is 0.728. The van der Waals surface area contributed by atoms with Crippen LogP contribution < -0.4 is 5.73 Å². The summed E-state index contributed by atoms with van der Waals surface area (Å²) in [6.07, 6.45) is 0. The predicted octanol–water partition coefficient (Wildman–Crippen LogP) is 0.640. The molecule has 2 atom stereocenters. The molecule has 0 radical (unpaired) electrons. The SMILES string of the molecule is CC(C)[C@H]1CN(S(=O)(=O)C(C)C)C[C@@H]1N. The first-order chi connectivity index (χ1) is 6.76. The minimum Gasteiger partial charge on any atom is -0.326 e. The normalized spacial score (nSPS) is 29.3. The van der Waals surface area contributed by atoms with Gasteiger partial charge in [-0.3, -0.25) is 0 Å². The van der Waals surface area contributed by atoms with Crippen molar-refractivity contribution in [2.45, 2.75) is 39.0 Å². The molecule has 5 heteroatoms. The van der Waals surface area contributed by atoms with Crippen LogP contribution in [0.2, 0.25) is 0 Å². The lowest BCUT2D eigenvalue weighted by molar-refractivity contribution is 0.367. The minimum atomic E-state index is -3.12. The third-order valence-electron chi connectivity index (χ3n) is 3.19. The summed E-state index contributed by atoms with van der Waals surface area (Å²) in [4.78, 5) is 0. The van der Waals surface area contributed by atoms with E-state index in [0.717, 1.165) is 0 Å². The summed E-state index contributed by atoms with van der Waals surface area (Å²) in [5.41, 5.74) is 5.96. The lowest BCUT2D eigenvalue weighted by Crippen LogP contribution is -2.36. The molecule has 1 rings (SSSR count). The molecule has 0 aromatic heterocycles. The highest BCUT2D eigenvalue weighted by Gasteiger charge is 2.38. The summed E-state index contributed by atoms with van der Waals surface area (Å²) in [6.45, 7) is 8.67. The van der Waals surface area contributed by atoms with Gasteiger partial charge in [0, 0.05) is 19.1 Å². The molecule has 0 bridgehead atoms. The Morgan fingerprint density at radius 1 is 1.20 bits per heavy atom. The van der Waals surface area contributed by atoms with Crippen LogP contribution in [0.3, 0.4) is 0 Å². The van der Waals surface area contributed by atoms with Gasteiger partial charge in [0.2, 0.25) is 10.0 Å². The summed E-state index contributed by atoms with van der Waals surface area (Å²) >= 11 is 0. The summed E-state index contributed by atoms with van der Waals surface area (Å²) in [5, 5.41) is -0.351. The molecule has 0 amide bonds. The molecule has 0 spiro atoms. The molecule has 2 N–H and O–H groups in total. The van der Waals surface area contributed by atoms with Crippen molar-refractivity contribution in [3.63, 3.8) is 0 Å². The van der Waals surface area contributed by atoms with Gasteiger partial charge >= 0.3 is 0 Å². The topological polar surface area (TPSA) is 63.4 Å². The van der Waals surface area contributed by atoms with E-state index in [0.29, 0.717) is 24.9 Å². The Bertz CT molecular complexity index is 311. The first-order valence-corrected chi connectivity index (χ1v) is 7.01. The number of hydrogen-bond donors (Lipinski definition) is 1. The van der Waals surface area contributed by atoms with Crippen molar-refractivity contribution in [1.82, 2.24) is 4.31 Å². The molecule has 1 aliphatic heterocycles. The number of sulfonamides is 1. The number of nitrogens with zero attached hydrogens (tertiary/aromatic N) is 1. The molecular weight excluding hydrogens is 212 g/mol. The first-order valence-electron chi connectivity index (χ1n) is 5.51. The molecule has 0 saturated carbocycles. The van der Waals surface area contributed by atoms with Gasteiger partial charge in [-0.15, -0.1) is 0 Å². The van der Waals surface area contributed by atoms with Crippen LogP contribution in [0.4, 0.5) is 0 Å². The van der Waals surface area contributed by atoms with Crippen LogP contribution in [0.5, 0.6) is 0 Å². The van der Waals surface area contributed by atoms with Crippen molar-refractivity contribution >= 4 is 10.0 Å². The quantitative estimate of drug-likeness (QED) is 0.779. The van der Waals surface area contributed by atoms with Crippen LogP contribution in [0.25, 0.3) is 0 Å². The molecular formula is C10H22N2O2S. The fraction of sp³-hybridized carbons (Fsp3) is 1.00. The van der Waals surface area contributed by atoms with Crippen LogP contribution >= 0.6 is 0 Å². The van der Waals surface area contributed by atoms with Gasteiger partial charge in [0.25, 0.3) is 0 Å². The van der Waals surface area contributed by atoms with Gasteiger partial charge in [-0.25, -0.2) is 8.42 Å². The Morgan fingerprint density at radius 2 is 1.73 bits per heavy atom. The predicted molar refractivity (Wildman–Crippen MR) is 61.9 cm³/mol. The smallest absolute Gasteiger partial charge is 0.216 e. The average molecular weight is 234 g/mol. The largest absolute Gasteiger partial charge is 0.326 e. The van der Waals surface area contributed by atoms with Gasteiger partial charge in [-0.1, -0.05) is 13.8 Å². The molecule has 4 nitrogen and oxygen atoms in total. The summed E-state index contributed by atoms with van der Waals surface area (Å²) in [7, 11) is -3.12. The zero-order valence-corrected chi connectivity index (χ0v) is 10.8. The fourth-order valence-corrected chi connectivity index (χ4v) is 3.38. The Morgan fingerprint density at radius 3 is 2.07 bits per heavy atom.